The van der Waals surface area contributed by atoms with Crippen LogP contribution in [0.3, 0.4) is 0 Å². The fourth-order valence-corrected chi connectivity index (χ4v) is 12.1. The van der Waals surface area contributed by atoms with E-state index in [0.29, 0.717) is 0 Å². The SMILES string of the molecule is CC1(C)c2ccccc2-c2c(-c3cccc(N(c4ccc(-c5cccc6c5C(C)(C)c5ccccc5-6)cc4)c4ccc(-n5c6ccccc6c6ccccc65)cc4)c3-c3ccccc3)cccc21. The van der Waals surface area contributed by atoms with Gasteiger partial charge in [0.1, 0.15) is 0 Å². The van der Waals surface area contributed by atoms with Crippen molar-refractivity contribution in [2.45, 2.75) is 38.5 Å². The first-order valence-corrected chi connectivity index (χ1v) is 23.9. The highest BCUT2D eigenvalue weighted by atomic mass is 15.1. The van der Waals surface area contributed by atoms with Crippen LogP contribution in [0.5, 0.6) is 0 Å². The van der Waals surface area contributed by atoms with Gasteiger partial charge in [0.25, 0.3) is 0 Å². The molecule has 0 spiro atoms. The van der Waals surface area contributed by atoms with Gasteiger partial charge in [-0.1, -0.05) is 204 Å². The molecule has 0 saturated heterocycles. The molecule has 2 aliphatic carbocycles. The minimum Gasteiger partial charge on any atom is -0.310 e. The monoisotopic (exact) mass is 870 g/mol. The van der Waals surface area contributed by atoms with Gasteiger partial charge in [-0.15, -0.1) is 0 Å². The number of anilines is 3. The molecule has 0 N–H and O–H groups in total. The average Bonchev–Trinajstić information content (AvgIpc) is 3.94. The minimum atomic E-state index is -0.121. The fraction of sp³-hybridized carbons (Fsp3) is 0.0909. The van der Waals surface area contributed by atoms with E-state index in [1.165, 1.54) is 99.7 Å². The van der Waals surface area contributed by atoms with E-state index in [-0.39, 0.29) is 10.8 Å². The third-order valence-corrected chi connectivity index (χ3v) is 15.2. The zero-order chi connectivity index (χ0) is 45.7. The van der Waals surface area contributed by atoms with Crippen LogP contribution in [0.25, 0.3) is 83.1 Å². The lowest BCUT2D eigenvalue weighted by Gasteiger charge is -2.30. The molecule has 0 saturated carbocycles. The first kappa shape index (κ1) is 40.1. The van der Waals surface area contributed by atoms with Gasteiger partial charge in [-0.2, -0.15) is 0 Å². The molecular formula is C66H50N2. The molecule has 0 bridgehead atoms. The Kier molecular flexibility index (Phi) is 8.95. The topological polar surface area (TPSA) is 8.17 Å². The minimum absolute atomic E-state index is 0.116. The maximum atomic E-state index is 2.47. The van der Waals surface area contributed by atoms with Crippen molar-refractivity contribution in [3.63, 3.8) is 0 Å². The smallest absolute Gasteiger partial charge is 0.0546 e. The third kappa shape index (κ3) is 5.90. The normalized spacial score (nSPS) is 13.8. The van der Waals surface area contributed by atoms with Gasteiger partial charge in [0.2, 0.25) is 0 Å². The quantitative estimate of drug-likeness (QED) is 0.155. The summed E-state index contributed by atoms with van der Waals surface area (Å²) in [6.07, 6.45) is 0. The molecule has 0 aliphatic heterocycles. The van der Waals surface area contributed by atoms with Gasteiger partial charge < -0.3 is 9.47 Å². The summed E-state index contributed by atoms with van der Waals surface area (Å²) in [5.74, 6) is 0. The summed E-state index contributed by atoms with van der Waals surface area (Å²) in [7, 11) is 0. The van der Waals surface area contributed by atoms with Gasteiger partial charge in [-0.05, 0) is 127 Å². The van der Waals surface area contributed by atoms with Crippen LogP contribution in [-0.2, 0) is 10.8 Å². The van der Waals surface area contributed by atoms with Crippen LogP contribution in [0.2, 0.25) is 0 Å². The molecule has 0 radical (unpaired) electrons. The van der Waals surface area contributed by atoms with E-state index in [2.05, 4.69) is 268 Å². The summed E-state index contributed by atoms with van der Waals surface area (Å²) in [5.41, 5.74) is 24.7. The van der Waals surface area contributed by atoms with Gasteiger partial charge in [0.05, 0.1) is 16.7 Å². The number of rotatable bonds is 7. The Morgan fingerprint density at radius 1 is 0.324 bits per heavy atom. The molecule has 68 heavy (non-hydrogen) atoms. The molecule has 0 fully saturated rings. The van der Waals surface area contributed by atoms with Crippen molar-refractivity contribution >= 4 is 38.9 Å². The summed E-state index contributed by atoms with van der Waals surface area (Å²) < 4.78 is 2.40. The van der Waals surface area contributed by atoms with E-state index < -0.39 is 0 Å². The Bertz CT molecular complexity index is 3720. The molecule has 0 amide bonds. The summed E-state index contributed by atoms with van der Waals surface area (Å²) in [4.78, 5) is 2.47. The molecular weight excluding hydrogens is 821 g/mol. The third-order valence-electron chi connectivity index (χ3n) is 15.2. The molecule has 10 aromatic carbocycles. The lowest BCUT2D eigenvalue weighted by molar-refractivity contribution is 0.660. The summed E-state index contributed by atoms with van der Waals surface area (Å²) >= 11 is 0. The van der Waals surface area contributed by atoms with Crippen molar-refractivity contribution in [2.24, 2.45) is 0 Å². The molecule has 13 rings (SSSR count). The Hall–Kier alpha value is -8.20. The second kappa shape index (κ2) is 15.2. The van der Waals surface area contributed by atoms with Crippen LogP contribution in [-0.4, -0.2) is 4.57 Å². The lowest BCUT2D eigenvalue weighted by Crippen LogP contribution is -2.16. The van der Waals surface area contributed by atoms with Crippen LogP contribution in [0.15, 0.2) is 231 Å². The largest absolute Gasteiger partial charge is 0.310 e. The van der Waals surface area contributed by atoms with Crippen LogP contribution < -0.4 is 4.90 Å². The number of benzene rings is 10. The van der Waals surface area contributed by atoms with E-state index >= 15 is 0 Å². The number of nitrogens with zero attached hydrogens (tertiary/aromatic N) is 2. The molecule has 0 atom stereocenters. The number of aromatic nitrogens is 1. The maximum Gasteiger partial charge on any atom is 0.0546 e. The Labute approximate surface area is 399 Å². The Morgan fingerprint density at radius 2 is 0.809 bits per heavy atom. The summed E-state index contributed by atoms with van der Waals surface area (Å²) in [5, 5.41) is 2.51. The van der Waals surface area contributed by atoms with Gasteiger partial charge in [0.15, 0.2) is 0 Å². The predicted octanol–water partition coefficient (Wildman–Crippen LogP) is 17.9. The molecule has 2 aliphatic rings. The van der Waals surface area contributed by atoms with Crippen molar-refractivity contribution in [1.29, 1.82) is 0 Å². The van der Waals surface area contributed by atoms with Gasteiger partial charge >= 0.3 is 0 Å². The predicted molar refractivity (Wildman–Crippen MR) is 287 cm³/mol. The van der Waals surface area contributed by atoms with Crippen LogP contribution >= 0.6 is 0 Å². The van der Waals surface area contributed by atoms with E-state index in [9.17, 15) is 0 Å². The highest BCUT2D eigenvalue weighted by molar-refractivity contribution is 6.09. The van der Waals surface area contributed by atoms with E-state index in [1.807, 2.05) is 0 Å². The van der Waals surface area contributed by atoms with Crippen LogP contribution in [0, 0.1) is 0 Å². The van der Waals surface area contributed by atoms with Crippen LogP contribution in [0.4, 0.5) is 17.1 Å². The number of para-hydroxylation sites is 2. The van der Waals surface area contributed by atoms with Crippen molar-refractivity contribution < 1.29 is 0 Å². The average molecular weight is 871 g/mol. The zero-order valence-corrected chi connectivity index (χ0v) is 38.8. The van der Waals surface area contributed by atoms with E-state index in [0.717, 1.165) is 22.7 Å². The zero-order valence-electron chi connectivity index (χ0n) is 38.8. The molecule has 2 heteroatoms. The second-order valence-corrected chi connectivity index (χ2v) is 19.6. The Morgan fingerprint density at radius 3 is 1.50 bits per heavy atom. The highest BCUT2D eigenvalue weighted by Crippen LogP contribution is 2.55. The standard InChI is InChI=1S/C66H50N2/c1-65(2)57-30-13-9-24-55(57)63-53(26-17-31-58(63)65)52-27-18-34-61(62(52)44-19-6-5-7-20-44)67(46-39-41-47(42-40-46)68-59-32-14-10-22-50(59)51-23-11-15-33-60(51)68)45-37-35-43(36-38-45)48-25-16-28-54-49-21-8-12-29-56(49)66(3,4)64(48)54/h5-42H,1-4H3. The number of hydrogen-bond acceptors (Lipinski definition) is 1. The van der Waals surface area contributed by atoms with E-state index in [4.69, 9.17) is 0 Å². The van der Waals surface area contributed by atoms with Gasteiger partial charge in [-0.25, -0.2) is 0 Å². The highest BCUT2D eigenvalue weighted by Gasteiger charge is 2.38. The lowest BCUT2D eigenvalue weighted by atomic mass is 9.79. The molecule has 1 aromatic heterocycles. The van der Waals surface area contributed by atoms with E-state index in [1.54, 1.807) is 0 Å². The fourth-order valence-electron chi connectivity index (χ4n) is 12.1. The van der Waals surface area contributed by atoms with Crippen molar-refractivity contribution in [1.82, 2.24) is 4.57 Å². The first-order valence-electron chi connectivity index (χ1n) is 23.9. The van der Waals surface area contributed by atoms with Crippen molar-refractivity contribution in [3.05, 3.63) is 253 Å². The van der Waals surface area contributed by atoms with Gasteiger partial charge in [0, 0.05) is 44.2 Å². The molecule has 2 nitrogen and oxygen atoms in total. The van der Waals surface area contributed by atoms with Gasteiger partial charge in [-0.3, -0.25) is 0 Å². The first-order chi connectivity index (χ1) is 33.3. The van der Waals surface area contributed by atoms with Crippen molar-refractivity contribution in [3.8, 4) is 61.3 Å². The summed E-state index contributed by atoms with van der Waals surface area (Å²) in [6, 6.07) is 85.5. The second-order valence-electron chi connectivity index (χ2n) is 19.6. The molecule has 1 heterocycles. The molecule has 11 aromatic rings. The molecule has 324 valence electrons. The maximum absolute atomic E-state index is 2.47. The van der Waals surface area contributed by atoms with Crippen LogP contribution in [0.1, 0.15) is 49.9 Å². The summed E-state index contributed by atoms with van der Waals surface area (Å²) in [6.45, 7) is 9.49. The number of fused-ring (bicyclic) bond motifs is 9. The molecule has 0 unspecified atom stereocenters. The Balaban J connectivity index is 1.02. The number of hydrogen-bond donors (Lipinski definition) is 0. The van der Waals surface area contributed by atoms with Crippen molar-refractivity contribution in [2.75, 3.05) is 4.90 Å².